The Hall–Kier alpha value is -4.50. The number of hydrogen-bond donors (Lipinski definition) is 4. The van der Waals surface area contributed by atoms with Gasteiger partial charge in [-0.25, -0.2) is 28.1 Å². The van der Waals surface area contributed by atoms with Gasteiger partial charge in [0, 0.05) is 30.6 Å². The molecule has 3 aromatic heterocycles. The number of halogens is 3. The molecule has 4 aromatic rings. The third kappa shape index (κ3) is 9.59. The molecule has 15 heteroatoms. The molecule has 1 aromatic carbocycles. The molecule has 50 heavy (non-hydrogen) atoms. The highest BCUT2D eigenvalue weighted by atomic mass is 19.3. The maximum atomic E-state index is 14.9. The summed E-state index contributed by atoms with van der Waals surface area (Å²) >= 11 is 0. The number of carbonyl (C=O) groups excluding carboxylic acids is 1. The molecule has 0 aliphatic carbocycles. The Morgan fingerprint density at radius 3 is 2.70 bits per heavy atom. The first-order valence-corrected chi connectivity index (χ1v) is 17.2. The molecule has 4 heterocycles. The Kier molecular flexibility index (Phi) is 12.5. The molecule has 1 aliphatic rings. The summed E-state index contributed by atoms with van der Waals surface area (Å²) in [6.07, 6.45) is 9.67. The lowest BCUT2D eigenvalue weighted by molar-refractivity contribution is -0.123. The van der Waals surface area contributed by atoms with E-state index in [9.17, 15) is 18.0 Å². The SMILES string of the molecule is CCCCCCCC[C@@H](N)NC(=O)COc1cc(-c2cc(Cn3cnc4c(N)ncnc43)c(N3CCC[C@](N)(CC(F)F)C3)cn2)ccc1F. The van der Waals surface area contributed by atoms with Crippen molar-refractivity contribution in [2.24, 2.45) is 11.5 Å². The number of imidazole rings is 1. The maximum Gasteiger partial charge on any atom is 0.259 e. The van der Waals surface area contributed by atoms with E-state index in [0.717, 1.165) is 24.8 Å². The summed E-state index contributed by atoms with van der Waals surface area (Å²) in [5.41, 5.74) is 21.0. The number of nitrogens with two attached hydrogens (primary N) is 3. The number of carbonyl (C=O) groups is 1. The summed E-state index contributed by atoms with van der Waals surface area (Å²) in [5.74, 6) is -0.950. The number of benzene rings is 1. The van der Waals surface area contributed by atoms with Crippen molar-refractivity contribution in [1.29, 1.82) is 0 Å². The van der Waals surface area contributed by atoms with Gasteiger partial charge in [0.15, 0.2) is 29.6 Å². The van der Waals surface area contributed by atoms with E-state index in [1.807, 2.05) is 15.5 Å². The van der Waals surface area contributed by atoms with E-state index in [-0.39, 0.29) is 24.7 Å². The van der Waals surface area contributed by atoms with Crippen molar-refractivity contribution in [3.8, 4) is 17.0 Å². The molecule has 1 amide bonds. The lowest BCUT2D eigenvalue weighted by Gasteiger charge is -2.42. The second-order valence-corrected chi connectivity index (χ2v) is 13.1. The van der Waals surface area contributed by atoms with Crippen LogP contribution in [0.1, 0.15) is 76.7 Å². The van der Waals surface area contributed by atoms with Gasteiger partial charge in [0.2, 0.25) is 6.43 Å². The first-order valence-electron chi connectivity index (χ1n) is 17.2. The number of fused-ring (bicyclic) bond motifs is 1. The summed E-state index contributed by atoms with van der Waals surface area (Å²) in [5, 5.41) is 2.72. The van der Waals surface area contributed by atoms with E-state index in [2.05, 4.69) is 32.2 Å². The molecule has 1 saturated heterocycles. The number of unbranched alkanes of at least 4 members (excludes halogenated alkanes) is 5. The summed E-state index contributed by atoms with van der Waals surface area (Å²) in [6, 6.07) is 6.15. The van der Waals surface area contributed by atoms with Crippen molar-refractivity contribution < 1.29 is 22.7 Å². The van der Waals surface area contributed by atoms with Crippen LogP contribution in [0.4, 0.5) is 24.7 Å². The number of anilines is 2. The van der Waals surface area contributed by atoms with Gasteiger partial charge >= 0.3 is 0 Å². The minimum absolute atomic E-state index is 0.113. The summed E-state index contributed by atoms with van der Waals surface area (Å²) < 4.78 is 49.2. The van der Waals surface area contributed by atoms with E-state index in [1.54, 1.807) is 18.6 Å². The van der Waals surface area contributed by atoms with Crippen molar-refractivity contribution >= 4 is 28.6 Å². The number of rotatable bonds is 17. The minimum Gasteiger partial charge on any atom is -0.481 e. The summed E-state index contributed by atoms with van der Waals surface area (Å²) in [4.78, 5) is 31.9. The van der Waals surface area contributed by atoms with Crippen molar-refractivity contribution in [2.75, 3.05) is 30.3 Å². The molecule has 5 rings (SSSR count). The zero-order valence-electron chi connectivity index (χ0n) is 28.5. The number of nitrogen functional groups attached to an aromatic ring is 1. The van der Waals surface area contributed by atoms with Crippen LogP contribution in [0.25, 0.3) is 22.4 Å². The quantitative estimate of drug-likeness (QED) is 0.0854. The smallest absolute Gasteiger partial charge is 0.259 e. The molecule has 270 valence electrons. The van der Waals surface area contributed by atoms with Gasteiger partial charge in [0.05, 0.1) is 36.6 Å². The van der Waals surface area contributed by atoms with Crippen molar-refractivity contribution in [3.05, 3.63) is 54.5 Å². The van der Waals surface area contributed by atoms with Gasteiger partial charge in [-0.1, -0.05) is 45.4 Å². The first kappa shape index (κ1) is 36.8. The van der Waals surface area contributed by atoms with Gasteiger partial charge in [0.1, 0.15) is 11.8 Å². The molecule has 0 unspecified atom stereocenters. The standard InChI is InChI=1S/C35H47F3N10O2/c1-2-3-4-5-6-7-9-30(39)46-31(49)19-50-28-15-23(10-11-25(28)36)26-14-24(18-48-22-45-32-33(40)43-21-44-34(32)48)27(17-42-26)47-13-8-12-35(41,20-47)16-29(37)38/h10-11,14-15,17,21-22,29-30H,2-9,12-13,16,18-20,39,41H2,1H3,(H,46,49)(H2,40,43,44)/t30-,35-/m0/s1. The zero-order valence-corrected chi connectivity index (χ0v) is 28.5. The molecule has 7 N–H and O–H groups in total. The van der Waals surface area contributed by atoms with E-state index < -0.39 is 42.9 Å². The molecular weight excluding hydrogens is 649 g/mol. The Morgan fingerprint density at radius 2 is 1.90 bits per heavy atom. The van der Waals surface area contributed by atoms with E-state index in [4.69, 9.17) is 21.9 Å². The Labute approximate surface area is 290 Å². The number of piperidine rings is 1. The van der Waals surface area contributed by atoms with Gasteiger partial charge in [-0.15, -0.1) is 0 Å². The van der Waals surface area contributed by atoms with Crippen LogP contribution in [-0.2, 0) is 11.3 Å². The highest BCUT2D eigenvalue weighted by Crippen LogP contribution is 2.34. The number of amides is 1. The van der Waals surface area contributed by atoms with Crippen LogP contribution in [0.15, 0.2) is 43.1 Å². The summed E-state index contributed by atoms with van der Waals surface area (Å²) in [6.45, 7) is 2.88. The van der Waals surface area contributed by atoms with E-state index >= 15 is 0 Å². The fourth-order valence-electron chi connectivity index (χ4n) is 6.48. The topological polar surface area (TPSA) is 176 Å². The molecule has 0 spiro atoms. The second kappa shape index (κ2) is 16.9. The van der Waals surface area contributed by atoms with E-state index in [1.165, 1.54) is 37.7 Å². The van der Waals surface area contributed by atoms with Gasteiger partial charge < -0.3 is 36.7 Å². The number of ether oxygens (including phenoxy) is 1. The fraction of sp³-hybridized carbons (Fsp3) is 0.514. The normalized spacial score (nSPS) is 17.0. The van der Waals surface area contributed by atoms with Crippen LogP contribution < -0.4 is 32.2 Å². The highest BCUT2D eigenvalue weighted by Gasteiger charge is 2.35. The predicted octanol–water partition coefficient (Wildman–Crippen LogP) is 5.14. The zero-order chi connectivity index (χ0) is 35.7. The van der Waals surface area contributed by atoms with Crippen LogP contribution in [-0.4, -0.2) is 68.2 Å². The third-order valence-corrected chi connectivity index (χ3v) is 9.05. The third-order valence-electron chi connectivity index (χ3n) is 9.05. The highest BCUT2D eigenvalue weighted by molar-refractivity contribution is 5.81. The molecule has 2 atom stereocenters. The van der Waals surface area contributed by atoms with Crippen LogP contribution in [0, 0.1) is 5.82 Å². The fourth-order valence-corrected chi connectivity index (χ4v) is 6.48. The molecule has 1 fully saturated rings. The van der Waals surface area contributed by atoms with Crippen LogP contribution in [0.3, 0.4) is 0 Å². The number of pyridine rings is 1. The monoisotopic (exact) mass is 696 g/mol. The number of aromatic nitrogens is 5. The molecule has 0 bridgehead atoms. The average Bonchev–Trinajstić information content (AvgIpc) is 3.49. The molecular formula is C35H47F3N10O2. The van der Waals surface area contributed by atoms with Gasteiger partial charge in [0.25, 0.3) is 5.91 Å². The Morgan fingerprint density at radius 1 is 1.10 bits per heavy atom. The molecule has 12 nitrogen and oxygen atoms in total. The lowest BCUT2D eigenvalue weighted by atomic mass is 9.86. The van der Waals surface area contributed by atoms with Crippen molar-refractivity contribution in [2.45, 2.75) is 95.8 Å². The number of nitrogens with zero attached hydrogens (tertiary/aromatic N) is 6. The van der Waals surface area contributed by atoms with Crippen LogP contribution >= 0.6 is 0 Å². The van der Waals surface area contributed by atoms with Gasteiger partial charge in [-0.3, -0.25) is 9.78 Å². The predicted molar refractivity (Wildman–Crippen MR) is 187 cm³/mol. The van der Waals surface area contributed by atoms with E-state index in [0.29, 0.717) is 53.9 Å². The molecule has 1 aliphatic heterocycles. The molecule has 0 saturated carbocycles. The van der Waals surface area contributed by atoms with Crippen LogP contribution in [0.2, 0.25) is 0 Å². The van der Waals surface area contributed by atoms with Crippen LogP contribution in [0.5, 0.6) is 5.75 Å². The lowest BCUT2D eigenvalue weighted by Crippen LogP contribution is -2.55. The number of nitrogens with one attached hydrogen (secondary N) is 1. The molecule has 0 radical (unpaired) electrons. The largest absolute Gasteiger partial charge is 0.481 e. The Balaban J connectivity index is 1.34. The van der Waals surface area contributed by atoms with Crippen molar-refractivity contribution in [3.63, 3.8) is 0 Å². The summed E-state index contributed by atoms with van der Waals surface area (Å²) in [7, 11) is 0. The van der Waals surface area contributed by atoms with Gasteiger partial charge in [-0.2, -0.15) is 0 Å². The maximum absolute atomic E-state index is 14.9. The number of alkyl halides is 2. The van der Waals surface area contributed by atoms with Crippen molar-refractivity contribution in [1.82, 2.24) is 29.8 Å². The van der Waals surface area contributed by atoms with Gasteiger partial charge in [-0.05, 0) is 49.1 Å². The minimum atomic E-state index is -2.52. The first-order chi connectivity index (χ1) is 24.0. The Bertz CT molecular complexity index is 1740. The average molecular weight is 697 g/mol. The second-order valence-electron chi connectivity index (χ2n) is 13.1. The number of hydrogen-bond acceptors (Lipinski definition) is 10.